The highest BCUT2D eigenvalue weighted by atomic mass is 35.5. The number of rotatable bonds is 4. The van der Waals surface area contributed by atoms with Gasteiger partial charge in [0.2, 0.25) is 5.91 Å². The van der Waals surface area contributed by atoms with Crippen molar-refractivity contribution in [3.8, 4) is 6.07 Å². The molecular weight excluding hydrogens is 294 g/mol. The van der Waals surface area contributed by atoms with Crippen LogP contribution in [0.1, 0.15) is 18.4 Å². The number of benzene rings is 1. The van der Waals surface area contributed by atoms with Gasteiger partial charge in [0, 0.05) is 5.25 Å². The number of anilines is 1. The molecule has 1 aromatic carbocycles. The van der Waals surface area contributed by atoms with Crippen molar-refractivity contribution in [3.05, 3.63) is 28.8 Å². The predicted octanol–water partition coefficient (Wildman–Crippen LogP) is 2.64. The molecule has 1 aromatic rings. The van der Waals surface area contributed by atoms with Gasteiger partial charge in [-0.15, -0.1) is 11.8 Å². The molecule has 20 heavy (non-hydrogen) atoms. The number of nitrogens with one attached hydrogen (secondary N) is 2. The van der Waals surface area contributed by atoms with E-state index < -0.39 is 0 Å². The molecule has 0 aromatic heterocycles. The van der Waals surface area contributed by atoms with E-state index >= 15 is 0 Å². The fraction of sp³-hybridized carbons (Fsp3) is 0.429. The third kappa shape index (κ3) is 4.41. The van der Waals surface area contributed by atoms with E-state index in [-0.39, 0.29) is 5.91 Å². The topological polar surface area (TPSA) is 64.9 Å². The number of nitrogens with zero attached hydrogens (tertiary/aromatic N) is 1. The fourth-order valence-corrected chi connectivity index (χ4v) is 3.23. The lowest BCUT2D eigenvalue weighted by molar-refractivity contribution is -0.113. The number of hydrogen-bond donors (Lipinski definition) is 2. The van der Waals surface area contributed by atoms with Crippen LogP contribution in [0.15, 0.2) is 18.2 Å². The summed E-state index contributed by atoms with van der Waals surface area (Å²) in [6.45, 7) is 2.05. The molecule has 1 saturated heterocycles. The van der Waals surface area contributed by atoms with Crippen LogP contribution in [0.5, 0.6) is 0 Å². The maximum absolute atomic E-state index is 11.9. The molecule has 0 bridgehead atoms. The molecule has 106 valence electrons. The number of amides is 1. The summed E-state index contributed by atoms with van der Waals surface area (Å²) in [4.78, 5) is 11.9. The Bertz CT molecular complexity index is 524. The maximum Gasteiger partial charge on any atom is 0.234 e. The lowest BCUT2D eigenvalue weighted by Gasteiger charge is -2.21. The zero-order chi connectivity index (χ0) is 14.4. The first-order chi connectivity index (χ1) is 9.69. The van der Waals surface area contributed by atoms with E-state index in [1.54, 1.807) is 30.0 Å². The number of nitriles is 1. The molecule has 1 amide bonds. The molecule has 2 rings (SSSR count). The van der Waals surface area contributed by atoms with E-state index in [1.165, 1.54) is 0 Å². The van der Waals surface area contributed by atoms with Gasteiger partial charge in [0.25, 0.3) is 0 Å². The molecular formula is C14H16ClN3OS. The summed E-state index contributed by atoms with van der Waals surface area (Å²) < 4.78 is 0. The van der Waals surface area contributed by atoms with Crippen LogP contribution in [-0.2, 0) is 4.79 Å². The highest BCUT2D eigenvalue weighted by molar-refractivity contribution is 8.00. The van der Waals surface area contributed by atoms with Gasteiger partial charge in [-0.2, -0.15) is 5.26 Å². The van der Waals surface area contributed by atoms with Crippen LogP contribution in [0.2, 0.25) is 5.02 Å². The lowest BCUT2D eigenvalue weighted by atomic mass is 10.2. The zero-order valence-corrected chi connectivity index (χ0v) is 12.6. The SMILES string of the molecule is N#Cc1ccc(Cl)c(NC(=O)CSC2CCNCC2)c1. The van der Waals surface area contributed by atoms with Gasteiger partial charge in [-0.05, 0) is 44.1 Å². The van der Waals surface area contributed by atoms with Crippen LogP contribution in [0.25, 0.3) is 0 Å². The van der Waals surface area contributed by atoms with Gasteiger partial charge in [0.05, 0.1) is 28.1 Å². The quantitative estimate of drug-likeness (QED) is 0.897. The molecule has 0 unspecified atom stereocenters. The Morgan fingerprint density at radius 2 is 2.25 bits per heavy atom. The standard InChI is InChI=1S/C14H16ClN3OS/c15-12-2-1-10(8-16)7-13(12)18-14(19)9-20-11-3-5-17-6-4-11/h1-2,7,11,17H,3-6,9H2,(H,18,19). The van der Waals surface area contributed by atoms with Crippen LogP contribution in [0.4, 0.5) is 5.69 Å². The van der Waals surface area contributed by atoms with E-state index in [0.717, 1.165) is 25.9 Å². The average Bonchev–Trinajstić information content (AvgIpc) is 2.48. The third-order valence-corrected chi connectivity index (χ3v) is 4.81. The minimum absolute atomic E-state index is 0.0782. The van der Waals surface area contributed by atoms with Crippen molar-refractivity contribution in [1.29, 1.82) is 5.26 Å². The Balaban J connectivity index is 1.86. The normalized spacial score (nSPS) is 15.6. The molecule has 0 atom stereocenters. The summed E-state index contributed by atoms with van der Waals surface area (Å²) in [7, 11) is 0. The second kappa shape index (κ2) is 7.53. The molecule has 0 radical (unpaired) electrons. The van der Waals surface area contributed by atoms with Gasteiger partial charge >= 0.3 is 0 Å². The van der Waals surface area contributed by atoms with Crippen LogP contribution < -0.4 is 10.6 Å². The molecule has 0 aliphatic carbocycles. The number of carbonyl (C=O) groups is 1. The first kappa shape index (κ1) is 15.2. The summed E-state index contributed by atoms with van der Waals surface area (Å²) in [5.74, 6) is 0.336. The monoisotopic (exact) mass is 309 g/mol. The Morgan fingerprint density at radius 3 is 2.95 bits per heavy atom. The zero-order valence-electron chi connectivity index (χ0n) is 11.0. The van der Waals surface area contributed by atoms with Crippen molar-refractivity contribution < 1.29 is 4.79 Å². The van der Waals surface area contributed by atoms with Crippen molar-refractivity contribution in [2.24, 2.45) is 0 Å². The van der Waals surface area contributed by atoms with Crippen LogP contribution in [0.3, 0.4) is 0 Å². The minimum Gasteiger partial charge on any atom is -0.324 e. The molecule has 0 saturated carbocycles. The lowest BCUT2D eigenvalue weighted by Crippen LogP contribution is -2.30. The smallest absolute Gasteiger partial charge is 0.234 e. The second-order valence-electron chi connectivity index (χ2n) is 4.61. The third-order valence-electron chi connectivity index (χ3n) is 3.11. The van der Waals surface area contributed by atoms with E-state index in [9.17, 15) is 4.79 Å². The first-order valence-electron chi connectivity index (χ1n) is 6.51. The number of halogens is 1. The van der Waals surface area contributed by atoms with Gasteiger partial charge in [-0.25, -0.2) is 0 Å². The molecule has 1 fully saturated rings. The molecule has 4 nitrogen and oxygen atoms in total. The summed E-state index contributed by atoms with van der Waals surface area (Å²) in [5, 5.41) is 15.9. The van der Waals surface area contributed by atoms with E-state index in [2.05, 4.69) is 10.6 Å². The van der Waals surface area contributed by atoms with Crippen molar-refractivity contribution in [3.63, 3.8) is 0 Å². The van der Waals surface area contributed by atoms with Gasteiger partial charge in [0.15, 0.2) is 0 Å². The fourth-order valence-electron chi connectivity index (χ4n) is 2.03. The van der Waals surface area contributed by atoms with Crippen molar-refractivity contribution in [2.75, 3.05) is 24.2 Å². The van der Waals surface area contributed by atoms with E-state index in [0.29, 0.717) is 27.3 Å². The Morgan fingerprint density at radius 1 is 1.50 bits per heavy atom. The number of carbonyl (C=O) groups excluding carboxylic acids is 1. The van der Waals surface area contributed by atoms with Gasteiger partial charge in [-0.3, -0.25) is 4.79 Å². The van der Waals surface area contributed by atoms with Gasteiger partial charge < -0.3 is 10.6 Å². The number of thioether (sulfide) groups is 1. The van der Waals surface area contributed by atoms with Crippen molar-refractivity contribution >= 4 is 35.0 Å². The Labute approximate surface area is 127 Å². The van der Waals surface area contributed by atoms with Crippen LogP contribution in [-0.4, -0.2) is 30.0 Å². The second-order valence-corrected chi connectivity index (χ2v) is 6.31. The molecule has 0 spiro atoms. The maximum atomic E-state index is 11.9. The number of piperidine rings is 1. The minimum atomic E-state index is -0.0782. The summed E-state index contributed by atoms with van der Waals surface area (Å²) >= 11 is 7.69. The molecule has 1 heterocycles. The Kier molecular flexibility index (Phi) is 5.72. The van der Waals surface area contributed by atoms with Crippen LogP contribution >= 0.6 is 23.4 Å². The molecule has 6 heteroatoms. The van der Waals surface area contributed by atoms with E-state index in [1.807, 2.05) is 6.07 Å². The predicted molar refractivity (Wildman–Crippen MR) is 83.1 cm³/mol. The molecule has 1 aliphatic heterocycles. The highest BCUT2D eigenvalue weighted by Crippen LogP contribution is 2.24. The highest BCUT2D eigenvalue weighted by Gasteiger charge is 2.15. The van der Waals surface area contributed by atoms with Crippen molar-refractivity contribution in [2.45, 2.75) is 18.1 Å². The van der Waals surface area contributed by atoms with Crippen LogP contribution in [0, 0.1) is 11.3 Å². The summed E-state index contributed by atoms with van der Waals surface area (Å²) in [6.07, 6.45) is 2.20. The average molecular weight is 310 g/mol. The number of hydrogen-bond acceptors (Lipinski definition) is 4. The summed E-state index contributed by atoms with van der Waals surface area (Å²) in [5.41, 5.74) is 0.984. The van der Waals surface area contributed by atoms with Gasteiger partial charge in [-0.1, -0.05) is 11.6 Å². The van der Waals surface area contributed by atoms with E-state index in [4.69, 9.17) is 16.9 Å². The summed E-state index contributed by atoms with van der Waals surface area (Å²) in [6, 6.07) is 6.87. The largest absolute Gasteiger partial charge is 0.324 e. The first-order valence-corrected chi connectivity index (χ1v) is 7.93. The van der Waals surface area contributed by atoms with Gasteiger partial charge in [0.1, 0.15) is 0 Å². The Hall–Kier alpha value is -1.22. The molecule has 1 aliphatic rings. The molecule has 2 N–H and O–H groups in total. The van der Waals surface area contributed by atoms with Crippen molar-refractivity contribution in [1.82, 2.24) is 5.32 Å².